The number of rotatable bonds is 4. The zero-order valence-corrected chi connectivity index (χ0v) is 20.5. The van der Waals surface area contributed by atoms with Gasteiger partial charge < -0.3 is 19.6 Å². The van der Waals surface area contributed by atoms with Crippen molar-refractivity contribution in [2.24, 2.45) is 0 Å². The van der Waals surface area contributed by atoms with Crippen LogP contribution in [0.5, 0.6) is 0 Å². The summed E-state index contributed by atoms with van der Waals surface area (Å²) in [5.41, 5.74) is -1.42. The molecule has 1 amide bonds. The van der Waals surface area contributed by atoms with Crippen molar-refractivity contribution >= 4 is 29.2 Å². The van der Waals surface area contributed by atoms with Gasteiger partial charge in [0.15, 0.2) is 11.3 Å². The smallest absolute Gasteiger partial charge is 0.416 e. The molecule has 0 saturated carbocycles. The predicted octanol–water partition coefficient (Wildman–Crippen LogP) is 5.32. The number of aliphatic hydroxyl groups is 1. The molecule has 2 saturated heterocycles. The second-order valence-electron chi connectivity index (χ2n) is 9.54. The molecule has 1 spiro atoms. The third kappa shape index (κ3) is 4.15. The lowest BCUT2D eigenvalue weighted by Crippen LogP contribution is -2.59. The first-order valence-electron chi connectivity index (χ1n) is 11.7. The van der Waals surface area contributed by atoms with Gasteiger partial charge in [0.25, 0.3) is 0 Å². The van der Waals surface area contributed by atoms with Gasteiger partial charge in [0.05, 0.1) is 16.9 Å². The number of nitrogens with zero attached hydrogens (tertiary/aromatic N) is 3. The predicted molar refractivity (Wildman–Crippen MR) is 127 cm³/mol. The maximum atomic E-state index is 13.4. The van der Waals surface area contributed by atoms with Crippen LogP contribution in [0.1, 0.15) is 31.7 Å². The Kier molecular flexibility index (Phi) is 5.96. The van der Waals surface area contributed by atoms with Crippen molar-refractivity contribution in [1.82, 2.24) is 9.80 Å². The number of hydrogen-bond acceptors (Lipinski definition) is 6. The van der Waals surface area contributed by atoms with Crippen LogP contribution in [-0.4, -0.2) is 65.6 Å². The lowest BCUT2D eigenvalue weighted by molar-refractivity contribution is -0.160. The lowest BCUT2D eigenvalue weighted by atomic mass is 9.82. The Balaban J connectivity index is 1.27. The van der Waals surface area contributed by atoms with E-state index in [2.05, 4.69) is 4.90 Å². The lowest BCUT2D eigenvalue weighted by Gasteiger charge is -2.44. The number of benzene rings is 2. The van der Waals surface area contributed by atoms with Crippen LogP contribution in [0.25, 0.3) is 0 Å². The van der Waals surface area contributed by atoms with E-state index in [9.17, 15) is 23.1 Å². The molecule has 1 N–H and O–H groups in total. The number of fused-ring (bicyclic) bond motifs is 2. The van der Waals surface area contributed by atoms with Gasteiger partial charge in [-0.2, -0.15) is 13.2 Å². The second kappa shape index (κ2) is 8.60. The largest absolute Gasteiger partial charge is 0.437 e. The van der Waals surface area contributed by atoms with Gasteiger partial charge in [-0.3, -0.25) is 4.90 Å². The van der Waals surface area contributed by atoms with Gasteiger partial charge in [-0.1, -0.05) is 23.9 Å². The zero-order valence-electron chi connectivity index (χ0n) is 19.6. The first-order valence-corrected chi connectivity index (χ1v) is 12.5. The van der Waals surface area contributed by atoms with Crippen LogP contribution < -0.4 is 4.90 Å². The molecule has 1 unspecified atom stereocenters. The highest BCUT2D eigenvalue weighted by atomic mass is 32.2. The fraction of sp³-hybridized carbons (Fsp3) is 0.480. The number of hydrogen-bond donors (Lipinski definition) is 1. The van der Waals surface area contributed by atoms with Crippen molar-refractivity contribution < 1.29 is 27.8 Å². The van der Waals surface area contributed by atoms with E-state index in [1.54, 1.807) is 20.0 Å². The molecule has 2 aromatic carbocycles. The van der Waals surface area contributed by atoms with Crippen molar-refractivity contribution in [2.75, 3.05) is 38.1 Å². The van der Waals surface area contributed by atoms with Crippen molar-refractivity contribution in [3.63, 3.8) is 0 Å². The summed E-state index contributed by atoms with van der Waals surface area (Å²) in [4.78, 5) is 19.4. The molecular formula is C25H28F3N3O3S. The van der Waals surface area contributed by atoms with E-state index in [0.717, 1.165) is 34.5 Å². The third-order valence-electron chi connectivity index (χ3n) is 7.55. The Morgan fingerprint density at radius 1 is 1.06 bits per heavy atom. The molecule has 3 heterocycles. The number of alkyl halides is 3. The zero-order chi connectivity index (χ0) is 25.0. The van der Waals surface area contributed by atoms with E-state index < -0.39 is 29.2 Å². The molecular weight excluding hydrogens is 479 g/mol. The maximum absolute atomic E-state index is 13.4. The number of carbonyl (C=O) groups excluding carboxylic acids is 1. The minimum absolute atomic E-state index is 0.512. The van der Waals surface area contributed by atoms with Gasteiger partial charge in [0.1, 0.15) is 0 Å². The van der Waals surface area contributed by atoms with Crippen LogP contribution in [0.2, 0.25) is 0 Å². The Hall–Kier alpha value is -2.43. The molecule has 1 atom stereocenters. The van der Waals surface area contributed by atoms with Crippen LogP contribution in [-0.2, 0) is 10.9 Å². The Morgan fingerprint density at radius 3 is 2.40 bits per heavy atom. The molecule has 3 aliphatic heterocycles. The molecule has 35 heavy (non-hydrogen) atoms. The molecule has 0 aromatic heterocycles. The van der Waals surface area contributed by atoms with E-state index in [-0.39, 0.29) is 0 Å². The molecule has 0 radical (unpaired) electrons. The number of amides is 1. The molecule has 0 aliphatic carbocycles. The van der Waals surface area contributed by atoms with E-state index >= 15 is 0 Å². The summed E-state index contributed by atoms with van der Waals surface area (Å²) in [5, 5.41) is 10.9. The van der Waals surface area contributed by atoms with Crippen LogP contribution in [0.3, 0.4) is 0 Å². The number of anilines is 2. The van der Waals surface area contributed by atoms with E-state index in [1.807, 2.05) is 29.2 Å². The third-order valence-corrected chi connectivity index (χ3v) is 8.68. The van der Waals surface area contributed by atoms with Crippen LogP contribution in [0.15, 0.2) is 52.3 Å². The first kappa shape index (κ1) is 24.3. The molecule has 6 nitrogen and oxygen atoms in total. The van der Waals surface area contributed by atoms with E-state index in [4.69, 9.17) is 4.74 Å². The first-order chi connectivity index (χ1) is 16.5. The topological polar surface area (TPSA) is 56.2 Å². The number of likely N-dealkylation sites (N-methyl/N-ethyl adjacent to an activating group) is 1. The van der Waals surface area contributed by atoms with Crippen LogP contribution in [0, 0.1) is 0 Å². The van der Waals surface area contributed by atoms with Gasteiger partial charge in [-0.25, -0.2) is 4.79 Å². The molecule has 0 bridgehead atoms. The summed E-state index contributed by atoms with van der Waals surface area (Å²) in [5.74, 6) is 0. The number of piperidine rings is 1. The van der Waals surface area contributed by atoms with Gasteiger partial charge in [0, 0.05) is 49.3 Å². The second-order valence-corrected chi connectivity index (χ2v) is 10.6. The average molecular weight is 508 g/mol. The van der Waals surface area contributed by atoms with Crippen molar-refractivity contribution in [1.29, 1.82) is 0 Å². The van der Waals surface area contributed by atoms with Crippen molar-refractivity contribution in [2.45, 2.75) is 53.5 Å². The number of likely N-dealkylation sites (tertiary alicyclic amines) is 1. The van der Waals surface area contributed by atoms with Crippen molar-refractivity contribution in [3.05, 3.63) is 48.0 Å². The molecule has 2 aromatic rings. The van der Waals surface area contributed by atoms with E-state index in [1.165, 1.54) is 22.7 Å². The number of para-hydroxylation sites is 1. The quantitative estimate of drug-likeness (QED) is 0.604. The summed E-state index contributed by atoms with van der Waals surface area (Å²) < 4.78 is 45.9. The standard InChI is InChI=1S/C25H28F3N3O3S/c1-23(33)24(34-22(32)29(23)2)10-14-30(15-11-24)12-5-13-31-18-6-3-4-7-20(18)35-21-9-8-17(16-19(21)31)25(26,27)28/h3-4,6-9,16,33H,5,10-15H2,1-2H3. The Morgan fingerprint density at radius 2 is 1.74 bits per heavy atom. The van der Waals surface area contributed by atoms with E-state index in [0.29, 0.717) is 38.2 Å². The number of ether oxygens (including phenoxy) is 1. The highest BCUT2D eigenvalue weighted by molar-refractivity contribution is 7.99. The average Bonchev–Trinajstić information content (AvgIpc) is 2.98. The molecule has 2 fully saturated rings. The summed E-state index contributed by atoms with van der Waals surface area (Å²) in [6.45, 7) is 4.27. The Bertz CT molecular complexity index is 1130. The summed E-state index contributed by atoms with van der Waals surface area (Å²) in [7, 11) is 1.54. The Labute approximate surface area is 206 Å². The summed E-state index contributed by atoms with van der Waals surface area (Å²) in [6.07, 6.45) is -3.11. The SMILES string of the molecule is CN1C(=O)OC2(CCN(CCCN3c4ccccc4Sc4ccc(C(F)(F)F)cc43)CC2)C1(C)O. The molecule has 188 valence electrons. The van der Waals surface area contributed by atoms with Gasteiger partial charge in [-0.05, 0) is 50.2 Å². The van der Waals surface area contributed by atoms with Crippen LogP contribution in [0.4, 0.5) is 29.3 Å². The van der Waals surface area contributed by atoms with Gasteiger partial charge in [-0.15, -0.1) is 0 Å². The number of carbonyl (C=O) groups is 1. The minimum atomic E-state index is -4.40. The summed E-state index contributed by atoms with van der Waals surface area (Å²) >= 11 is 1.49. The fourth-order valence-corrected chi connectivity index (χ4v) is 6.30. The summed E-state index contributed by atoms with van der Waals surface area (Å²) in [6, 6.07) is 11.7. The molecule has 3 aliphatic rings. The van der Waals surface area contributed by atoms with Gasteiger partial charge in [0.2, 0.25) is 0 Å². The molecule has 5 rings (SSSR count). The minimum Gasteiger partial charge on any atom is -0.437 e. The molecule has 10 heteroatoms. The normalized spacial score (nSPS) is 23.9. The van der Waals surface area contributed by atoms with Gasteiger partial charge >= 0.3 is 12.3 Å². The highest BCUT2D eigenvalue weighted by Gasteiger charge is 2.61. The van der Waals surface area contributed by atoms with Crippen LogP contribution >= 0.6 is 11.8 Å². The maximum Gasteiger partial charge on any atom is 0.416 e. The monoisotopic (exact) mass is 507 g/mol. The highest BCUT2D eigenvalue weighted by Crippen LogP contribution is 2.49. The fourth-order valence-electron chi connectivity index (χ4n) is 5.23. The van der Waals surface area contributed by atoms with Crippen molar-refractivity contribution in [3.8, 4) is 0 Å². The number of halogens is 3.